The number of rotatable bonds is 19. The second-order valence-electron chi connectivity index (χ2n) is 6.53. The van der Waals surface area contributed by atoms with Gasteiger partial charge in [-0.15, -0.1) is 0 Å². The molecule has 1 rings (SSSR count). The van der Waals surface area contributed by atoms with E-state index in [-0.39, 0.29) is 19.3 Å². The number of para-hydroxylation sites is 1. The van der Waals surface area contributed by atoms with Gasteiger partial charge in [0.1, 0.15) is 11.9 Å². The Hall–Kier alpha value is -0.990. The molecule has 1 unspecified atom stereocenters. The summed E-state index contributed by atoms with van der Waals surface area (Å²) in [5, 5.41) is 0. The molecule has 0 aromatic heterocycles. The first-order chi connectivity index (χ1) is 14.0. The molecule has 168 valence electrons. The molecule has 0 aliphatic heterocycles. The highest BCUT2D eigenvalue weighted by molar-refractivity contribution is 7.46. The minimum absolute atomic E-state index is 0.0200. The van der Waals surface area contributed by atoms with Crippen LogP contribution in [-0.2, 0) is 23.3 Å². The largest absolute Gasteiger partial charge is 0.488 e. The van der Waals surface area contributed by atoms with Gasteiger partial charge in [0.05, 0.1) is 46.2 Å². The maximum Gasteiger partial charge on any atom is 0.469 e. The first-order valence-corrected chi connectivity index (χ1v) is 11.7. The zero-order valence-corrected chi connectivity index (χ0v) is 18.1. The Kier molecular flexibility index (Phi) is 15.1. The number of phosphoric ester groups is 1. The maximum atomic E-state index is 10.5. The van der Waals surface area contributed by atoms with Crippen LogP contribution in [0.1, 0.15) is 39.0 Å². The molecule has 0 bridgehead atoms. The fraction of sp³-hybridized carbons (Fsp3) is 0.700. The number of unbranched alkanes of at least 4 members (excludes halogenated alkanes) is 3. The van der Waals surface area contributed by atoms with E-state index in [0.29, 0.717) is 33.0 Å². The summed E-state index contributed by atoms with van der Waals surface area (Å²) >= 11 is 0. The van der Waals surface area contributed by atoms with Crippen LogP contribution in [0.25, 0.3) is 0 Å². The Morgan fingerprint density at radius 2 is 1.48 bits per heavy atom. The Labute approximate surface area is 173 Å². The van der Waals surface area contributed by atoms with Crippen molar-refractivity contribution < 1.29 is 37.8 Å². The van der Waals surface area contributed by atoms with Crippen molar-refractivity contribution in [3.63, 3.8) is 0 Å². The van der Waals surface area contributed by atoms with Gasteiger partial charge in [-0.25, -0.2) is 4.57 Å². The molecule has 8 nitrogen and oxygen atoms in total. The topological polar surface area (TPSA) is 104 Å². The highest BCUT2D eigenvalue weighted by atomic mass is 31.2. The van der Waals surface area contributed by atoms with Gasteiger partial charge < -0.3 is 28.7 Å². The molecular formula is C20H35O8P. The lowest BCUT2D eigenvalue weighted by atomic mass is 10.1. The van der Waals surface area contributed by atoms with Crippen molar-refractivity contribution in [2.75, 3.05) is 46.2 Å². The van der Waals surface area contributed by atoms with E-state index >= 15 is 0 Å². The molecular weight excluding hydrogens is 399 g/mol. The summed E-state index contributed by atoms with van der Waals surface area (Å²) in [7, 11) is -4.42. The summed E-state index contributed by atoms with van der Waals surface area (Å²) in [5.41, 5.74) is 0. The quantitative estimate of drug-likeness (QED) is 0.252. The standard InChI is InChI=1S/C20H35O8P/c1-2-3-4-6-11-20(28-19-9-7-5-8-10-19)18-26-15-14-24-12-13-25-16-17-27-29(21,22)23/h5,7-10,20H,2-4,6,11-18H2,1H3,(H2,21,22,23). The van der Waals surface area contributed by atoms with Crippen molar-refractivity contribution in [3.8, 4) is 5.75 Å². The molecule has 0 heterocycles. The lowest BCUT2D eigenvalue weighted by Crippen LogP contribution is -2.24. The average molecular weight is 434 g/mol. The minimum atomic E-state index is -4.42. The molecule has 0 aliphatic rings. The molecule has 1 aromatic rings. The van der Waals surface area contributed by atoms with Crippen molar-refractivity contribution in [1.29, 1.82) is 0 Å². The first kappa shape index (κ1) is 26.0. The second-order valence-corrected chi connectivity index (χ2v) is 7.77. The molecule has 9 heteroatoms. The van der Waals surface area contributed by atoms with Gasteiger partial charge in [0.25, 0.3) is 0 Å². The summed E-state index contributed by atoms with van der Waals surface area (Å²) in [6, 6.07) is 9.78. The predicted octanol–water partition coefficient (Wildman–Crippen LogP) is 3.56. The van der Waals surface area contributed by atoms with Crippen molar-refractivity contribution in [3.05, 3.63) is 30.3 Å². The normalized spacial score (nSPS) is 12.8. The third-order valence-electron chi connectivity index (χ3n) is 3.96. The molecule has 0 spiro atoms. The monoisotopic (exact) mass is 434 g/mol. The molecule has 0 saturated heterocycles. The Morgan fingerprint density at radius 3 is 2.10 bits per heavy atom. The van der Waals surface area contributed by atoms with Crippen molar-refractivity contribution in [2.45, 2.75) is 45.1 Å². The summed E-state index contributed by atoms with van der Waals surface area (Å²) in [5.74, 6) is 0.854. The summed E-state index contributed by atoms with van der Waals surface area (Å²) < 4.78 is 37.1. The van der Waals surface area contributed by atoms with Gasteiger partial charge in [0.2, 0.25) is 0 Å². The lowest BCUT2D eigenvalue weighted by molar-refractivity contribution is -0.00956. The number of benzene rings is 1. The number of ether oxygens (including phenoxy) is 4. The zero-order valence-electron chi connectivity index (χ0n) is 17.2. The van der Waals surface area contributed by atoms with Crippen LogP contribution < -0.4 is 4.74 Å². The second kappa shape index (κ2) is 16.8. The van der Waals surface area contributed by atoms with Crippen molar-refractivity contribution in [1.82, 2.24) is 0 Å². The van der Waals surface area contributed by atoms with Crippen LogP contribution in [0.15, 0.2) is 30.3 Å². The number of phosphoric acid groups is 1. The average Bonchev–Trinajstić information content (AvgIpc) is 2.69. The fourth-order valence-corrected chi connectivity index (χ4v) is 2.85. The Bertz CT molecular complexity index is 537. The van der Waals surface area contributed by atoms with Crippen LogP contribution in [-0.4, -0.2) is 62.1 Å². The van der Waals surface area contributed by atoms with E-state index < -0.39 is 7.82 Å². The van der Waals surface area contributed by atoms with Gasteiger partial charge in [0.15, 0.2) is 0 Å². The molecule has 2 N–H and O–H groups in total. The van der Waals surface area contributed by atoms with Gasteiger partial charge in [-0.3, -0.25) is 4.52 Å². The van der Waals surface area contributed by atoms with Crippen LogP contribution in [0.5, 0.6) is 5.75 Å². The van der Waals surface area contributed by atoms with Gasteiger partial charge in [-0.1, -0.05) is 44.4 Å². The SMILES string of the molecule is CCCCCCC(COCCOCCOCCOP(=O)(O)O)Oc1ccccc1. The molecule has 0 saturated carbocycles. The number of hydrogen-bond donors (Lipinski definition) is 2. The third-order valence-corrected chi connectivity index (χ3v) is 4.48. The zero-order chi connectivity index (χ0) is 21.2. The van der Waals surface area contributed by atoms with Gasteiger partial charge in [-0.05, 0) is 25.0 Å². The van der Waals surface area contributed by atoms with Gasteiger partial charge >= 0.3 is 7.82 Å². The lowest BCUT2D eigenvalue weighted by Gasteiger charge is -2.19. The van der Waals surface area contributed by atoms with Crippen LogP contribution in [0.3, 0.4) is 0 Å². The smallest absolute Gasteiger partial charge is 0.469 e. The van der Waals surface area contributed by atoms with Crippen LogP contribution in [0.4, 0.5) is 0 Å². The highest BCUT2D eigenvalue weighted by Gasteiger charge is 2.12. The molecule has 0 aliphatic carbocycles. The molecule has 1 atom stereocenters. The van der Waals surface area contributed by atoms with Gasteiger partial charge in [-0.2, -0.15) is 0 Å². The minimum Gasteiger partial charge on any atom is -0.488 e. The van der Waals surface area contributed by atoms with Crippen LogP contribution in [0.2, 0.25) is 0 Å². The van der Waals surface area contributed by atoms with Crippen molar-refractivity contribution in [2.24, 2.45) is 0 Å². The van der Waals surface area contributed by atoms with E-state index in [4.69, 9.17) is 28.7 Å². The van der Waals surface area contributed by atoms with E-state index in [1.54, 1.807) is 0 Å². The van der Waals surface area contributed by atoms with E-state index in [0.717, 1.165) is 18.6 Å². The van der Waals surface area contributed by atoms with E-state index in [1.807, 2.05) is 30.3 Å². The van der Waals surface area contributed by atoms with E-state index in [9.17, 15) is 4.57 Å². The van der Waals surface area contributed by atoms with Crippen LogP contribution >= 0.6 is 7.82 Å². The number of hydrogen-bond acceptors (Lipinski definition) is 6. The van der Waals surface area contributed by atoms with Gasteiger partial charge in [0, 0.05) is 0 Å². The fourth-order valence-electron chi connectivity index (χ4n) is 2.54. The predicted molar refractivity (Wildman–Crippen MR) is 110 cm³/mol. The maximum absolute atomic E-state index is 10.5. The first-order valence-electron chi connectivity index (χ1n) is 10.2. The molecule has 0 amide bonds. The molecule has 29 heavy (non-hydrogen) atoms. The Balaban J connectivity index is 2.08. The van der Waals surface area contributed by atoms with Crippen LogP contribution in [0, 0.1) is 0 Å². The summed E-state index contributed by atoms with van der Waals surface area (Å²) in [6.45, 7) is 4.25. The molecule has 1 aromatic carbocycles. The third kappa shape index (κ3) is 16.5. The van der Waals surface area contributed by atoms with E-state index in [1.165, 1.54) is 19.3 Å². The van der Waals surface area contributed by atoms with Crippen molar-refractivity contribution >= 4 is 7.82 Å². The van der Waals surface area contributed by atoms with E-state index in [2.05, 4.69) is 11.4 Å². The highest BCUT2D eigenvalue weighted by Crippen LogP contribution is 2.35. The molecule has 0 fully saturated rings. The molecule has 0 radical (unpaired) electrons. The summed E-state index contributed by atoms with van der Waals surface area (Å²) in [4.78, 5) is 17.0. The summed E-state index contributed by atoms with van der Waals surface area (Å²) in [6.07, 6.45) is 5.74. The Morgan fingerprint density at radius 1 is 0.862 bits per heavy atom.